The standard InChI is InChI=1S/C7H8O5/c8-6-1-2-9-7(5-6)10-3-4-11-12-7/h1,3-4,8H,2,5H2. The van der Waals surface area contributed by atoms with Crippen LogP contribution in [0.25, 0.3) is 0 Å². The second kappa shape index (κ2) is 2.69. The summed E-state index contributed by atoms with van der Waals surface area (Å²) >= 11 is 0. The lowest BCUT2D eigenvalue weighted by Crippen LogP contribution is -2.41. The molecule has 2 aliphatic rings. The van der Waals surface area contributed by atoms with E-state index in [1.807, 2.05) is 0 Å². The normalized spacial score (nSPS) is 33.8. The number of aliphatic hydroxyl groups excluding tert-OH is 1. The SMILES string of the molecule is OC1=CCOC2(C1)OC=COO2. The first-order valence-corrected chi connectivity index (χ1v) is 3.50. The molecular formula is C7H8O5. The maximum atomic E-state index is 9.17. The van der Waals surface area contributed by atoms with E-state index in [4.69, 9.17) is 19.5 Å². The van der Waals surface area contributed by atoms with Crippen LogP contribution >= 0.6 is 0 Å². The van der Waals surface area contributed by atoms with Crippen molar-refractivity contribution in [1.82, 2.24) is 0 Å². The molecule has 0 amide bonds. The van der Waals surface area contributed by atoms with Crippen LogP contribution in [0.15, 0.2) is 24.4 Å². The van der Waals surface area contributed by atoms with E-state index in [-0.39, 0.29) is 18.8 Å². The van der Waals surface area contributed by atoms with Crippen molar-refractivity contribution in [1.29, 1.82) is 0 Å². The van der Waals surface area contributed by atoms with Crippen molar-refractivity contribution >= 4 is 0 Å². The van der Waals surface area contributed by atoms with Crippen LogP contribution in [0.4, 0.5) is 0 Å². The Morgan fingerprint density at radius 1 is 1.42 bits per heavy atom. The average Bonchev–Trinajstić information content (AvgIpc) is 2.05. The Morgan fingerprint density at radius 3 is 3.00 bits per heavy atom. The minimum atomic E-state index is -1.30. The van der Waals surface area contributed by atoms with Gasteiger partial charge in [0.05, 0.1) is 6.61 Å². The molecule has 5 heteroatoms. The molecule has 0 fully saturated rings. The van der Waals surface area contributed by atoms with E-state index in [0.29, 0.717) is 0 Å². The van der Waals surface area contributed by atoms with Crippen LogP contribution < -0.4 is 0 Å². The quantitative estimate of drug-likeness (QED) is 0.551. The van der Waals surface area contributed by atoms with E-state index in [2.05, 4.69) is 4.89 Å². The Labute approximate surface area is 68.7 Å². The van der Waals surface area contributed by atoms with Crippen molar-refractivity contribution in [2.45, 2.75) is 12.4 Å². The minimum absolute atomic E-state index is 0.122. The first-order valence-electron chi connectivity index (χ1n) is 3.50. The smallest absolute Gasteiger partial charge is 0.372 e. The highest BCUT2D eigenvalue weighted by molar-refractivity contribution is 4.98. The number of hydrogen-bond acceptors (Lipinski definition) is 5. The van der Waals surface area contributed by atoms with Gasteiger partial charge in [-0.2, -0.15) is 0 Å². The largest absolute Gasteiger partial charge is 0.512 e. The topological polar surface area (TPSA) is 57.2 Å². The molecule has 1 unspecified atom stereocenters. The third-order valence-electron chi connectivity index (χ3n) is 1.55. The van der Waals surface area contributed by atoms with E-state index in [9.17, 15) is 0 Å². The molecule has 0 aromatic carbocycles. The number of ether oxygens (including phenoxy) is 2. The van der Waals surface area contributed by atoms with Gasteiger partial charge >= 0.3 is 5.97 Å². The van der Waals surface area contributed by atoms with Gasteiger partial charge in [-0.3, -0.25) is 0 Å². The monoisotopic (exact) mass is 172 g/mol. The van der Waals surface area contributed by atoms with Crippen LogP contribution in [0.3, 0.4) is 0 Å². The lowest BCUT2D eigenvalue weighted by molar-refractivity contribution is -0.493. The molecule has 0 aromatic rings. The molecular weight excluding hydrogens is 164 g/mol. The molecule has 0 aromatic heterocycles. The molecule has 5 nitrogen and oxygen atoms in total. The van der Waals surface area contributed by atoms with Gasteiger partial charge in [0.2, 0.25) is 0 Å². The summed E-state index contributed by atoms with van der Waals surface area (Å²) in [6, 6.07) is 0. The Balaban J connectivity index is 2.11. The van der Waals surface area contributed by atoms with Gasteiger partial charge in [-0.25, -0.2) is 0 Å². The average molecular weight is 172 g/mol. The second-order valence-corrected chi connectivity index (χ2v) is 2.44. The Morgan fingerprint density at radius 2 is 2.33 bits per heavy atom. The van der Waals surface area contributed by atoms with E-state index in [0.717, 1.165) is 0 Å². The molecule has 2 heterocycles. The minimum Gasteiger partial charge on any atom is -0.512 e. The van der Waals surface area contributed by atoms with E-state index >= 15 is 0 Å². The van der Waals surface area contributed by atoms with Gasteiger partial charge in [0.25, 0.3) is 0 Å². The molecule has 0 radical (unpaired) electrons. The fraction of sp³-hybridized carbons (Fsp3) is 0.429. The van der Waals surface area contributed by atoms with Gasteiger partial charge in [0, 0.05) is 0 Å². The predicted molar refractivity (Wildman–Crippen MR) is 36.4 cm³/mol. The highest BCUT2D eigenvalue weighted by Crippen LogP contribution is 2.29. The Kier molecular flexibility index (Phi) is 1.67. The van der Waals surface area contributed by atoms with Crippen LogP contribution in [0.2, 0.25) is 0 Å². The van der Waals surface area contributed by atoms with Gasteiger partial charge in [-0.05, 0) is 6.08 Å². The summed E-state index contributed by atoms with van der Waals surface area (Å²) < 4.78 is 10.1. The molecule has 0 saturated carbocycles. The zero-order valence-electron chi connectivity index (χ0n) is 6.23. The Hall–Kier alpha value is -1.20. The van der Waals surface area contributed by atoms with Gasteiger partial charge in [0.15, 0.2) is 6.26 Å². The van der Waals surface area contributed by atoms with E-state index in [1.165, 1.54) is 18.6 Å². The molecule has 0 bridgehead atoms. The van der Waals surface area contributed by atoms with Crippen LogP contribution in [0.5, 0.6) is 0 Å². The highest BCUT2D eigenvalue weighted by Gasteiger charge is 2.41. The van der Waals surface area contributed by atoms with Crippen LogP contribution in [-0.2, 0) is 19.2 Å². The maximum Gasteiger partial charge on any atom is 0.372 e. The zero-order valence-corrected chi connectivity index (χ0v) is 6.23. The Bertz CT molecular complexity index is 234. The molecule has 0 saturated heterocycles. The maximum absolute atomic E-state index is 9.17. The van der Waals surface area contributed by atoms with Crippen LogP contribution in [0.1, 0.15) is 6.42 Å². The molecule has 1 N–H and O–H groups in total. The van der Waals surface area contributed by atoms with Crippen molar-refractivity contribution in [3.8, 4) is 0 Å². The molecule has 12 heavy (non-hydrogen) atoms. The molecule has 2 aliphatic heterocycles. The fourth-order valence-corrected chi connectivity index (χ4v) is 1.01. The third-order valence-corrected chi connectivity index (χ3v) is 1.55. The summed E-state index contributed by atoms with van der Waals surface area (Å²) in [6.07, 6.45) is 4.21. The molecule has 1 atom stereocenters. The first kappa shape index (κ1) is 7.45. The van der Waals surface area contributed by atoms with Crippen molar-refractivity contribution in [3.63, 3.8) is 0 Å². The summed E-state index contributed by atoms with van der Waals surface area (Å²) in [4.78, 5) is 9.29. The lowest BCUT2D eigenvalue weighted by atomic mass is 10.2. The molecule has 2 rings (SSSR count). The molecule has 0 aliphatic carbocycles. The number of hydrogen-bond donors (Lipinski definition) is 1. The summed E-state index contributed by atoms with van der Waals surface area (Å²) in [5, 5.41) is 9.17. The number of aliphatic hydroxyl groups is 1. The summed E-state index contributed by atoms with van der Waals surface area (Å²) in [5.74, 6) is -1.13. The van der Waals surface area contributed by atoms with Gasteiger partial charge in [-0.1, -0.05) is 0 Å². The predicted octanol–water partition coefficient (Wildman–Crippen LogP) is 0.952. The first-order chi connectivity index (χ1) is 5.81. The van der Waals surface area contributed by atoms with Gasteiger partial charge in [-0.15, -0.1) is 4.89 Å². The highest BCUT2D eigenvalue weighted by atomic mass is 17.3. The summed E-state index contributed by atoms with van der Waals surface area (Å²) in [6.45, 7) is 0.239. The zero-order chi connectivity index (χ0) is 8.44. The van der Waals surface area contributed by atoms with E-state index in [1.54, 1.807) is 0 Å². The fourth-order valence-electron chi connectivity index (χ4n) is 1.01. The van der Waals surface area contributed by atoms with Crippen LogP contribution in [0, 0.1) is 0 Å². The molecule has 1 spiro atoms. The third kappa shape index (κ3) is 1.24. The van der Waals surface area contributed by atoms with Gasteiger partial charge < -0.3 is 19.5 Å². The van der Waals surface area contributed by atoms with Crippen molar-refractivity contribution in [2.24, 2.45) is 0 Å². The summed E-state index contributed by atoms with van der Waals surface area (Å²) in [5.41, 5.74) is 0. The van der Waals surface area contributed by atoms with Gasteiger partial charge in [0.1, 0.15) is 18.4 Å². The van der Waals surface area contributed by atoms with Crippen molar-refractivity contribution in [3.05, 3.63) is 24.4 Å². The summed E-state index contributed by atoms with van der Waals surface area (Å²) in [7, 11) is 0. The van der Waals surface area contributed by atoms with E-state index < -0.39 is 5.97 Å². The van der Waals surface area contributed by atoms with Crippen molar-refractivity contribution in [2.75, 3.05) is 6.61 Å². The van der Waals surface area contributed by atoms with Crippen LogP contribution in [-0.4, -0.2) is 17.7 Å². The van der Waals surface area contributed by atoms with Crippen molar-refractivity contribution < 1.29 is 24.4 Å². The second-order valence-electron chi connectivity index (χ2n) is 2.44. The lowest BCUT2D eigenvalue weighted by Gasteiger charge is -2.33. The number of rotatable bonds is 0. The molecule has 66 valence electrons.